The molecule has 0 fully saturated rings. The van der Waals surface area contributed by atoms with Crippen LogP contribution in [0.15, 0.2) is 42.5 Å². The Bertz CT molecular complexity index is 797. The molecule has 27 heavy (non-hydrogen) atoms. The summed E-state index contributed by atoms with van der Waals surface area (Å²) in [5, 5.41) is 2.97. The van der Waals surface area contributed by atoms with Crippen molar-refractivity contribution in [3.63, 3.8) is 0 Å². The molecule has 5 nitrogen and oxygen atoms in total. The topological polar surface area (TPSA) is 56.8 Å². The van der Waals surface area contributed by atoms with Crippen LogP contribution in [0.25, 0.3) is 6.08 Å². The summed E-state index contributed by atoms with van der Waals surface area (Å²) in [6, 6.07) is 11.8. The van der Waals surface area contributed by atoms with Gasteiger partial charge >= 0.3 is 0 Å². The van der Waals surface area contributed by atoms with E-state index in [2.05, 4.69) is 24.4 Å². The minimum atomic E-state index is -0.182. The number of nitrogens with one attached hydrogen (secondary N) is 1. The second-order valence-corrected chi connectivity index (χ2v) is 6.08. The Morgan fingerprint density at radius 2 is 1.67 bits per heavy atom. The van der Waals surface area contributed by atoms with Crippen molar-refractivity contribution in [1.29, 1.82) is 0 Å². The second kappa shape index (κ2) is 9.67. The minimum absolute atomic E-state index is 0.0830. The molecule has 1 amide bonds. The highest BCUT2D eigenvalue weighted by Gasteiger charge is 2.14. The molecule has 2 rings (SSSR count). The highest BCUT2D eigenvalue weighted by molar-refractivity contribution is 5.92. The molecule has 0 aliphatic carbocycles. The van der Waals surface area contributed by atoms with Crippen molar-refractivity contribution in [3.05, 3.63) is 59.2 Å². The van der Waals surface area contributed by atoms with Gasteiger partial charge in [0.1, 0.15) is 0 Å². The molecule has 0 saturated heterocycles. The highest BCUT2D eigenvalue weighted by atomic mass is 16.5. The molecule has 1 atom stereocenters. The Morgan fingerprint density at radius 3 is 2.22 bits per heavy atom. The van der Waals surface area contributed by atoms with Gasteiger partial charge < -0.3 is 19.5 Å². The smallest absolute Gasteiger partial charge is 0.244 e. The summed E-state index contributed by atoms with van der Waals surface area (Å²) in [4.78, 5) is 12.3. The van der Waals surface area contributed by atoms with Crippen LogP contribution in [0.2, 0.25) is 0 Å². The largest absolute Gasteiger partial charge is 0.493 e. The summed E-state index contributed by atoms with van der Waals surface area (Å²) >= 11 is 0. The molecular formula is C22H27NO4. The molecule has 0 aliphatic rings. The number of aryl methyl sites for hydroxylation is 1. The number of methoxy groups -OCH3 is 3. The van der Waals surface area contributed by atoms with Crippen LogP contribution >= 0.6 is 0 Å². The zero-order valence-electron chi connectivity index (χ0n) is 16.5. The summed E-state index contributed by atoms with van der Waals surface area (Å²) in [6.45, 7) is 4.08. The summed E-state index contributed by atoms with van der Waals surface area (Å²) in [5.41, 5.74) is 3.07. The SMILES string of the molecule is CCc1ccc(C(C)NC(=O)/C=C/c2ccc(OC)c(OC)c2OC)cc1. The van der Waals surface area contributed by atoms with Gasteiger partial charge in [0.15, 0.2) is 11.5 Å². The van der Waals surface area contributed by atoms with Gasteiger partial charge in [0.2, 0.25) is 11.7 Å². The zero-order chi connectivity index (χ0) is 19.8. The Hall–Kier alpha value is -2.95. The number of ether oxygens (including phenoxy) is 3. The molecule has 5 heteroatoms. The number of rotatable bonds is 8. The lowest BCUT2D eigenvalue weighted by molar-refractivity contribution is -0.117. The lowest BCUT2D eigenvalue weighted by Crippen LogP contribution is -2.24. The van der Waals surface area contributed by atoms with E-state index in [1.165, 1.54) is 11.6 Å². The normalized spacial score (nSPS) is 11.9. The number of benzene rings is 2. The van der Waals surface area contributed by atoms with Gasteiger partial charge in [0.05, 0.1) is 27.4 Å². The highest BCUT2D eigenvalue weighted by Crippen LogP contribution is 2.40. The number of amides is 1. The molecule has 0 spiro atoms. The van der Waals surface area contributed by atoms with Crippen LogP contribution < -0.4 is 19.5 Å². The molecule has 1 N–H and O–H groups in total. The van der Waals surface area contributed by atoms with E-state index < -0.39 is 0 Å². The molecule has 0 radical (unpaired) electrons. The molecule has 0 bridgehead atoms. The second-order valence-electron chi connectivity index (χ2n) is 6.08. The first-order chi connectivity index (χ1) is 13.0. The van der Waals surface area contributed by atoms with E-state index in [0.29, 0.717) is 17.2 Å². The van der Waals surface area contributed by atoms with Crippen molar-refractivity contribution in [2.45, 2.75) is 26.3 Å². The molecule has 1 unspecified atom stereocenters. The molecule has 2 aromatic carbocycles. The van der Waals surface area contributed by atoms with Gasteiger partial charge in [-0.3, -0.25) is 4.79 Å². The molecule has 0 aliphatic heterocycles. The van der Waals surface area contributed by atoms with E-state index >= 15 is 0 Å². The fourth-order valence-electron chi connectivity index (χ4n) is 2.81. The van der Waals surface area contributed by atoms with Crippen LogP contribution in [-0.4, -0.2) is 27.2 Å². The van der Waals surface area contributed by atoms with Gasteiger partial charge in [-0.2, -0.15) is 0 Å². The van der Waals surface area contributed by atoms with Crippen LogP contribution in [0.3, 0.4) is 0 Å². The maximum atomic E-state index is 12.3. The molecule has 144 valence electrons. The van der Waals surface area contributed by atoms with E-state index in [1.807, 2.05) is 25.1 Å². The third kappa shape index (κ3) is 5.03. The zero-order valence-corrected chi connectivity index (χ0v) is 16.5. The Kier molecular flexibility index (Phi) is 7.29. The van der Waals surface area contributed by atoms with E-state index in [4.69, 9.17) is 14.2 Å². The van der Waals surface area contributed by atoms with E-state index in [9.17, 15) is 4.79 Å². The maximum absolute atomic E-state index is 12.3. The number of carbonyl (C=O) groups is 1. The van der Waals surface area contributed by atoms with Gasteiger partial charge in [-0.1, -0.05) is 31.2 Å². The lowest BCUT2D eigenvalue weighted by Gasteiger charge is -2.15. The fourth-order valence-corrected chi connectivity index (χ4v) is 2.81. The molecule has 0 saturated carbocycles. The van der Waals surface area contributed by atoms with Crippen LogP contribution in [0.4, 0.5) is 0 Å². The summed E-state index contributed by atoms with van der Waals surface area (Å²) < 4.78 is 16.1. The predicted octanol–water partition coefficient (Wildman–Crippen LogP) is 4.17. The van der Waals surface area contributed by atoms with Gasteiger partial charge in [0, 0.05) is 11.6 Å². The quantitative estimate of drug-likeness (QED) is 0.710. The van der Waals surface area contributed by atoms with E-state index in [1.54, 1.807) is 33.5 Å². The maximum Gasteiger partial charge on any atom is 0.244 e. The van der Waals surface area contributed by atoms with Gasteiger partial charge in [-0.15, -0.1) is 0 Å². The van der Waals surface area contributed by atoms with Crippen molar-refractivity contribution in [2.24, 2.45) is 0 Å². The molecular weight excluding hydrogens is 342 g/mol. The predicted molar refractivity (Wildman–Crippen MR) is 108 cm³/mol. The minimum Gasteiger partial charge on any atom is -0.493 e. The fraction of sp³-hybridized carbons (Fsp3) is 0.318. The third-order valence-electron chi connectivity index (χ3n) is 4.40. The summed E-state index contributed by atoms with van der Waals surface area (Å²) in [7, 11) is 4.66. The van der Waals surface area contributed by atoms with Crippen molar-refractivity contribution in [1.82, 2.24) is 5.32 Å². The first-order valence-corrected chi connectivity index (χ1v) is 8.90. The standard InChI is InChI=1S/C22H27NO4/c1-6-16-7-9-17(10-8-16)15(2)23-20(24)14-12-18-11-13-19(25-3)22(27-5)21(18)26-4/h7-15H,6H2,1-5H3,(H,23,24)/b14-12+. The van der Waals surface area contributed by atoms with Gasteiger partial charge in [0.25, 0.3) is 0 Å². The van der Waals surface area contributed by atoms with Crippen LogP contribution in [0.5, 0.6) is 17.2 Å². The monoisotopic (exact) mass is 369 g/mol. The summed E-state index contributed by atoms with van der Waals surface area (Å²) in [5.74, 6) is 1.40. The Morgan fingerprint density at radius 1 is 1.00 bits per heavy atom. The van der Waals surface area contributed by atoms with Crippen LogP contribution in [-0.2, 0) is 11.2 Å². The van der Waals surface area contributed by atoms with Crippen molar-refractivity contribution >= 4 is 12.0 Å². The average Bonchev–Trinajstić information content (AvgIpc) is 2.71. The van der Waals surface area contributed by atoms with E-state index in [0.717, 1.165) is 17.5 Å². The van der Waals surface area contributed by atoms with Crippen molar-refractivity contribution in [3.8, 4) is 17.2 Å². The van der Waals surface area contributed by atoms with Gasteiger partial charge in [-0.05, 0) is 42.7 Å². The van der Waals surface area contributed by atoms with Crippen molar-refractivity contribution < 1.29 is 19.0 Å². The van der Waals surface area contributed by atoms with Crippen molar-refractivity contribution in [2.75, 3.05) is 21.3 Å². The van der Waals surface area contributed by atoms with E-state index in [-0.39, 0.29) is 11.9 Å². The number of hydrogen-bond acceptors (Lipinski definition) is 4. The lowest BCUT2D eigenvalue weighted by atomic mass is 10.0. The number of carbonyl (C=O) groups excluding carboxylic acids is 1. The van der Waals surface area contributed by atoms with Crippen LogP contribution in [0.1, 0.15) is 36.6 Å². The Balaban J connectivity index is 2.11. The summed E-state index contributed by atoms with van der Waals surface area (Å²) in [6.07, 6.45) is 4.18. The third-order valence-corrected chi connectivity index (χ3v) is 4.40. The molecule has 0 aromatic heterocycles. The van der Waals surface area contributed by atoms with Crippen LogP contribution in [0, 0.1) is 0 Å². The first kappa shape index (κ1) is 20.4. The number of hydrogen-bond donors (Lipinski definition) is 1. The molecule has 0 heterocycles. The van der Waals surface area contributed by atoms with Gasteiger partial charge in [-0.25, -0.2) is 0 Å². The average molecular weight is 369 g/mol. The Labute approximate surface area is 161 Å². The first-order valence-electron chi connectivity index (χ1n) is 8.90. The molecule has 2 aromatic rings.